The van der Waals surface area contributed by atoms with Crippen LogP contribution in [0.2, 0.25) is 0 Å². The highest BCUT2D eigenvalue weighted by Gasteiger charge is 2.47. The number of aliphatic hydroxyl groups excluding tert-OH is 1. The second kappa shape index (κ2) is 1.51. The zero-order valence-electron chi connectivity index (χ0n) is 5.93. The molecule has 9 heavy (non-hydrogen) atoms. The van der Waals surface area contributed by atoms with Crippen LogP contribution in [-0.2, 0) is 0 Å². The lowest BCUT2D eigenvalue weighted by Gasteiger charge is -2.26. The Bertz CT molecular complexity index is 133. The van der Waals surface area contributed by atoms with Crippen LogP contribution in [0.1, 0.15) is 32.6 Å². The first-order valence-corrected chi connectivity index (χ1v) is 3.89. The third kappa shape index (κ3) is 0.644. The standard InChI is InChI=1S/C8H14O/c1-8-3-2-6(5-8)4-7(8)9/h6-7,9H,2-5H2,1H3/t6-,7+,8-/m1/s1. The van der Waals surface area contributed by atoms with Gasteiger partial charge in [-0.1, -0.05) is 6.92 Å². The first-order valence-electron chi connectivity index (χ1n) is 3.89. The van der Waals surface area contributed by atoms with Crippen molar-refractivity contribution in [3.63, 3.8) is 0 Å². The van der Waals surface area contributed by atoms with Crippen LogP contribution < -0.4 is 0 Å². The first-order chi connectivity index (χ1) is 4.21. The smallest absolute Gasteiger partial charge is 0.0596 e. The first kappa shape index (κ1) is 5.72. The predicted octanol–water partition coefficient (Wildman–Crippen LogP) is 1.56. The fraction of sp³-hybridized carbons (Fsp3) is 1.00. The molecule has 3 atom stereocenters. The fourth-order valence-electron chi connectivity index (χ4n) is 2.50. The Morgan fingerprint density at radius 2 is 2.33 bits per heavy atom. The number of rotatable bonds is 0. The van der Waals surface area contributed by atoms with E-state index in [1.54, 1.807) is 0 Å². The third-order valence-electron chi connectivity index (χ3n) is 3.24. The molecular weight excluding hydrogens is 112 g/mol. The number of hydrogen-bond acceptors (Lipinski definition) is 1. The van der Waals surface area contributed by atoms with E-state index in [1.807, 2.05) is 0 Å². The number of aliphatic hydroxyl groups is 1. The summed E-state index contributed by atoms with van der Waals surface area (Å²) < 4.78 is 0. The van der Waals surface area contributed by atoms with Crippen LogP contribution >= 0.6 is 0 Å². The summed E-state index contributed by atoms with van der Waals surface area (Å²) in [4.78, 5) is 0. The van der Waals surface area contributed by atoms with E-state index < -0.39 is 0 Å². The monoisotopic (exact) mass is 126 g/mol. The normalized spacial score (nSPS) is 56.7. The Labute approximate surface area is 56.1 Å². The molecule has 2 rings (SSSR count). The summed E-state index contributed by atoms with van der Waals surface area (Å²) in [6, 6.07) is 0. The van der Waals surface area contributed by atoms with E-state index in [-0.39, 0.29) is 6.10 Å². The van der Waals surface area contributed by atoms with Gasteiger partial charge in [-0.2, -0.15) is 0 Å². The molecule has 0 aromatic carbocycles. The molecule has 0 spiro atoms. The van der Waals surface area contributed by atoms with Gasteiger partial charge in [-0.15, -0.1) is 0 Å². The zero-order chi connectivity index (χ0) is 6.48. The summed E-state index contributed by atoms with van der Waals surface area (Å²) in [5.74, 6) is 0.866. The maximum atomic E-state index is 9.48. The molecule has 2 fully saturated rings. The Morgan fingerprint density at radius 1 is 1.56 bits per heavy atom. The van der Waals surface area contributed by atoms with E-state index in [0.29, 0.717) is 5.41 Å². The van der Waals surface area contributed by atoms with Crippen molar-refractivity contribution < 1.29 is 5.11 Å². The van der Waals surface area contributed by atoms with Crippen molar-refractivity contribution in [1.82, 2.24) is 0 Å². The number of hydrogen-bond donors (Lipinski definition) is 1. The lowest BCUT2D eigenvalue weighted by atomic mass is 9.84. The maximum Gasteiger partial charge on any atom is 0.0596 e. The van der Waals surface area contributed by atoms with Gasteiger partial charge in [0.05, 0.1) is 6.10 Å². The molecule has 0 saturated heterocycles. The summed E-state index contributed by atoms with van der Waals surface area (Å²) in [5, 5.41) is 9.48. The van der Waals surface area contributed by atoms with Crippen LogP contribution in [0.3, 0.4) is 0 Å². The minimum Gasteiger partial charge on any atom is -0.393 e. The molecule has 0 radical (unpaired) electrons. The van der Waals surface area contributed by atoms with Gasteiger partial charge < -0.3 is 5.11 Å². The SMILES string of the molecule is C[C@]12CC[C@H](C[C@@H]1O)C2. The Morgan fingerprint density at radius 3 is 2.56 bits per heavy atom. The van der Waals surface area contributed by atoms with E-state index in [4.69, 9.17) is 0 Å². The van der Waals surface area contributed by atoms with Crippen molar-refractivity contribution in [3.8, 4) is 0 Å². The van der Waals surface area contributed by atoms with Gasteiger partial charge in [0.1, 0.15) is 0 Å². The van der Waals surface area contributed by atoms with E-state index in [2.05, 4.69) is 6.92 Å². The minimum atomic E-state index is 0.0243. The number of fused-ring (bicyclic) bond motifs is 2. The van der Waals surface area contributed by atoms with Crippen molar-refractivity contribution in [3.05, 3.63) is 0 Å². The minimum absolute atomic E-state index is 0.0243. The lowest BCUT2D eigenvalue weighted by Crippen LogP contribution is -2.26. The van der Waals surface area contributed by atoms with Crippen LogP contribution in [-0.4, -0.2) is 11.2 Å². The molecule has 1 N–H and O–H groups in total. The van der Waals surface area contributed by atoms with Gasteiger partial charge in [-0.25, -0.2) is 0 Å². The lowest BCUT2D eigenvalue weighted by molar-refractivity contribution is 0.0532. The quantitative estimate of drug-likeness (QED) is 0.522. The Balaban J connectivity index is 2.22. The molecular formula is C8H14O. The topological polar surface area (TPSA) is 20.2 Å². The average Bonchev–Trinajstić information content (AvgIpc) is 2.22. The van der Waals surface area contributed by atoms with Gasteiger partial charge in [0.15, 0.2) is 0 Å². The summed E-state index contributed by atoms with van der Waals surface area (Å²) in [6.07, 6.45) is 5.02. The van der Waals surface area contributed by atoms with Crippen LogP contribution in [0.4, 0.5) is 0 Å². The highest BCUT2D eigenvalue weighted by atomic mass is 16.3. The largest absolute Gasteiger partial charge is 0.393 e. The zero-order valence-corrected chi connectivity index (χ0v) is 5.93. The summed E-state index contributed by atoms with van der Waals surface area (Å²) >= 11 is 0. The summed E-state index contributed by atoms with van der Waals surface area (Å²) in [5.41, 5.74) is 0.324. The van der Waals surface area contributed by atoms with Crippen LogP contribution in [0, 0.1) is 11.3 Å². The molecule has 0 heterocycles. The molecule has 0 aromatic heterocycles. The maximum absolute atomic E-state index is 9.48. The molecule has 2 aliphatic rings. The van der Waals surface area contributed by atoms with Crippen molar-refractivity contribution in [1.29, 1.82) is 0 Å². The van der Waals surface area contributed by atoms with Crippen LogP contribution in [0.15, 0.2) is 0 Å². The molecule has 2 saturated carbocycles. The molecule has 2 bridgehead atoms. The van der Waals surface area contributed by atoms with Gasteiger partial charge in [0, 0.05) is 0 Å². The average molecular weight is 126 g/mol. The highest BCUT2D eigenvalue weighted by molar-refractivity contribution is 4.98. The van der Waals surface area contributed by atoms with Crippen molar-refractivity contribution >= 4 is 0 Å². The molecule has 1 nitrogen and oxygen atoms in total. The van der Waals surface area contributed by atoms with E-state index >= 15 is 0 Å². The highest BCUT2D eigenvalue weighted by Crippen LogP contribution is 2.53. The van der Waals surface area contributed by atoms with Gasteiger partial charge >= 0.3 is 0 Å². The van der Waals surface area contributed by atoms with Gasteiger partial charge in [0.25, 0.3) is 0 Å². The molecule has 0 unspecified atom stereocenters. The molecule has 1 heteroatoms. The van der Waals surface area contributed by atoms with Gasteiger partial charge in [0.2, 0.25) is 0 Å². The van der Waals surface area contributed by atoms with E-state index in [9.17, 15) is 5.11 Å². The molecule has 2 aliphatic carbocycles. The second-order valence-electron chi connectivity index (χ2n) is 4.01. The summed E-state index contributed by atoms with van der Waals surface area (Å²) in [6.45, 7) is 2.23. The van der Waals surface area contributed by atoms with Crippen molar-refractivity contribution in [2.24, 2.45) is 11.3 Å². The second-order valence-corrected chi connectivity index (χ2v) is 4.01. The Kier molecular flexibility index (Phi) is 0.963. The van der Waals surface area contributed by atoms with Crippen molar-refractivity contribution in [2.45, 2.75) is 38.7 Å². The molecule has 0 aromatic rings. The van der Waals surface area contributed by atoms with Gasteiger partial charge in [-0.3, -0.25) is 0 Å². The van der Waals surface area contributed by atoms with Crippen LogP contribution in [0.25, 0.3) is 0 Å². The molecule has 52 valence electrons. The fourth-order valence-corrected chi connectivity index (χ4v) is 2.50. The van der Waals surface area contributed by atoms with Gasteiger partial charge in [-0.05, 0) is 37.0 Å². The predicted molar refractivity (Wildman–Crippen MR) is 36.1 cm³/mol. The Hall–Kier alpha value is -0.0400. The van der Waals surface area contributed by atoms with Crippen LogP contribution in [0.5, 0.6) is 0 Å². The van der Waals surface area contributed by atoms with E-state index in [0.717, 1.165) is 12.3 Å². The van der Waals surface area contributed by atoms with E-state index in [1.165, 1.54) is 19.3 Å². The molecule has 0 aliphatic heterocycles. The van der Waals surface area contributed by atoms with Crippen molar-refractivity contribution in [2.75, 3.05) is 0 Å². The third-order valence-corrected chi connectivity index (χ3v) is 3.24. The molecule has 0 amide bonds. The summed E-state index contributed by atoms with van der Waals surface area (Å²) in [7, 11) is 0.